The van der Waals surface area contributed by atoms with E-state index in [1.54, 1.807) is 53.4 Å². The maximum atomic E-state index is 13.8. The summed E-state index contributed by atoms with van der Waals surface area (Å²) in [6.07, 6.45) is 2.48. The molecule has 92 heavy (non-hydrogen) atoms. The lowest BCUT2D eigenvalue weighted by molar-refractivity contribution is -0.127. The number of fused-ring (bicyclic) bond motifs is 2. The van der Waals surface area contributed by atoms with Crippen molar-refractivity contribution in [3.8, 4) is 22.9 Å². The van der Waals surface area contributed by atoms with Crippen LogP contribution < -0.4 is 36.7 Å². The van der Waals surface area contributed by atoms with Crippen molar-refractivity contribution in [1.82, 2.24) is 61.0 Å². The van der Waals surface area contributed by atoms with Gasteiger partial charge in [0.05, 0.1) is 89.2 Å². The van der Waals surface area contributed by atoms with Gasteiger partial charge in [-0.15, -0.1) is 0 Å². The largest absolute Gasteiger partial charge is 0.497 e. The van der Waals surface area contributed by atoms with Crippen LogP contribution in [0.5, 0.6) is 11.5 Å². The highest BCUT2D eigenvalue weighted by atomic mass is 16.7. The molecule has 4 aliphatic rings. The maximum Gasteiger partial charge on any atom is 0.422 e. The highest BCUT2D eigenvalue weighted by Crippen LogP contribution is 2.34. The second kappa shape index (κ2) is 33.8. The van der Waals surface area contributed by atoms with E-state index in [0.29, 0.717) is 38.5 Å². The molecule has 2 aromatic heterocycles. The maximum absolute atomic E-state index is 13.8. The molecule has 6 aromatic rings. The molecule has 4 aliphatic heterocycles. The van der Waals surface area contributed by atoms with Crippen LogP contribution in [0.2, 0.25) is 0 Å². The molecular weight excluding hydrogens is 1190 g/mol. The molecule has 2 unspecified atom stereocenters. The zero-order valence-corrected chi connectivity index (χ0v) is 51.2. The number of hydrogen-bond donors (Lipinski definition) is 7. The number of nitrogens with zero attached hydrogens (tertiary/aromatic N) is 8. The van der Waals surface area contributed by atoms with Crippen molar-refractivity contribution in [3.63, 3.8) is 0 Å². The van der Waals surface area contributed by atoms with Gasteiger partial charge in [-0.2, -0.15) is 10.2 Å². The van der Waals surface area contributed by atoms with Crippen LogP contribution in [0.15, 0.2) is 122 Å². The molecule has 0 bridgehead atoms. The molecule has 0 spiro atoms. The number of aliphatic hydroxyl groups excluding tert-OH is 2. The van der Waals surface area contributed by atoms with Gasteiger partial charge in [0.15, 0.2) is 12.6 Å². The molecule has 4 saturated heterocycles. The van der Waals surface area contributed by atoms with Crippen LogP contribution in [0.3, 0.4) is 0 Å². The average molecular weight is 1280 g/mol. The van der Waals surface area contributed by atoms with Gasteiger partial charge >= 0.3 is 18.3 Å². The van der Waals surface area contributed by atoms with E-state index in [4.69, 9.17) is 48.4 Å². The Morgan fingerprint density at radius 3 is 1.46 bits per heavy atom. The number of amides is 4. The molecule has 28 heteroatoms. The molecule has 6 heterocycles. The molecule has 4 fully saturated rings. The number of aromatic nitrogens is 6. The normalized spacial score (nSPS) is 20.5. The van der Waals surface area contributed by atoms with Crippen LogP contribution in [0, 0.1) is 17.3 Å². The summed E-state index contributed by atoms with van der Waals surface area (Å²) in [4.78, 5) is 60.1. The number of benzene rings is 4. The Bertz CT molecular complexity index is 3200. The van der Waals surface area contributed by atoms with E-state index in [9.17, 15) is 29.4 Å². The third-order valence-electron chi connectivity index (χ3n) is 15.9. The number of carbonyl (C=O) groups excluding carboxylic acids is 4. The number of hydrazine groups is 2. The van der Waals surface area contributed by atoms with Gasteiger partial charge in [0, 0.05) is 32.2 Å². The molecule has 0 radical (unpaired) electrons. The van der Waals surface area contributed by atoms with Gasteiger partial charge < -0.3 is 69.2 Å². The fourth-order valence-electron chi connectivity index (χ4n) is 10.9. The van der Waals surface area contributed by atoms with Crippen LogP contribution in [0.4, 0.5) is 14.4 Å². The first-order valence-electron chi connectivity index (χ1n) is 29.7. The number of aliphatic hydroxyl groups is 2. The molecule has 28 nitrogen and oxygen atoms in total. The second-order valence-corrected chi connectivity index (χ2v) is 23.4. The van der Waals surface area contributed by atoms with E-state index in [2.05, 4.69) is 41.7 Å². The number of hydrogen-bond acceptors (Lipinski definition) is 22. The fraction of sp³-hybridized carbons (Fsp3) is 0.500. The number of nitrogens with two attached hydrogens (primary N) is 1. The van der Waals surface area contributed by atoms with Crippen LogP contribution in [0.25, 0.3) is 11.4 Å². The molecule has 8 N–H and O–H groups in total. The number of alkyl carbamates (subject to hydrolysis) is 1. The first kappa shape index (κ1) is 71.1. The average Bonchev–Trinajstić information content (AvgIpc) is 1.66. The van der Waals surface area contributed by atoms with E-state index in [0.717, 1.165) is 52.2 Å². The summed E-state index contributed by atoms with van der Waals surface area (Å²) >= 11 is 0. The summed E-state index contributed by atoms with van der Waals surface area (Å²) in [6, 6.07) is 27.5. The zero-order valence-electron chi connectivity index (χ0n) is 51.2. The summed E-state index contributed by atoms with van der Waals surface area (Å²) in [5, 5.41) is 39.8. The minimum atomic E-state index is -1.22. The van der Waals surface area contributed by atoms with E-state index in [1.165, 1.54) is 24.8 Å². The lowest BCUT2D eigenvalue weighted by Crippen LogP contribution is -2.59. The second-order valence-electron chi connectivity index (χ2n) is 23.4. The first-order chi connectivity index (χ1) is 43.4. The summed E-state index contributed by atoms with van der Waals surface area (Å²) in [5.41, 5.74) is 16.4. The fourth-order valence-corrected chi connectivity index (χ4v) is 10.9. The number of nitrogens with one attached hydrogen (secondary N) is 4. The van der Waals surface area contributed by atoms with Gasteiger partial charge in [-0.1, -0.05) is 84.2 Å². The van der Waals surface area contributed by atoms with E-state index < -0.39 is 72.3 Å². The Morgan fingerprint density at radius 1 is 0.609 bits per heavy atom. The van der Waals surface area contributed by atoms with Gasteiger partial charge in [0.2, 0.25) is 5.91 Å². The Labute approximate surface area is 536 Å². The van der Waals surface area contributed by atoms with Crippen LogP contribution in [-0.4, -0.2) is 190 Å². The Morgan fingerprint density at radius 2 is 1.04 bits per heavy atom. The van der Waals surface area contributed by atoms with E-state index in [1.807, 2.05) is 106 Å². The minimum Gasteiger partial charge on any atom is -0.497 e. The van der Waals surface area contributed by atoms with Gasteiger partial charge in [-0.05, 0) is 102 Å². The topological polar surface area (TPSA) is 334 Å². The summed E-state index contributed by atoms with van der Waals surface area (Å²) in [6.45, 7) is 7.54. The van der Waals surface area contributed by atoms with Crippen molar-refractivity contribution >= 4 is 24.2 Å². The first-order valence-corrected chi connectivity index (χ1v) is 29.7. The summed E-state index contributed by atoms with van der Waals surface area (Å²) < 4.78 is 52.3. The standard InChI is InChI=1S/C35H47N7O9.C27H34N6O6.2CH4/c1-35(2,3)30(39-33(45)48-5)31(44)38-27(16-22-8-12-25(47-4)13-9-22)28(43)18-41(17-23-6-10-24(11-7-23)42-21-36-20-37-42)40-34(46)51-29-19-50-32-26(29)14-15-49-32;1-36-21-8-4-18(5-9-21)12-23(28)24(34)14-32(13-19-2-6-20(7-3-19)33-17-29-16-30-33)31-27(35)39-25-15-38-26-22(25)10-11-37-26;;/h6-13,20-21,26-30,32,43H,14-19H2,1-5H3,(H,38,44)(H,39,45)(H,40,46);2-9,16-17,22-26,34H,10-15,28H2,1H3,(H,31,35);2*1H4/t26-,27-,28-,29?,30+,32+;22-,23-,24-,25?,26+;;/m00../s1. The summed E-state index contributed by atoms with van der Waals surface area (Å²) in [7, 11) is 4.40. The van der Waals surface area contributed by atoms with Crippen LogP contribution in [-0.2, 0) is 63.9 Å². The molecule has 10 rings (SSSR count). The predicted molar refractivity (Wildman–Crippen MR) is 336 cm³/mol. The number of methoxy groups -OCH3 is 3. The van der Waals surface area contributed by atoms with Crippen molar-refractivity contribution in [1.29, 1.82) is 0 Å². The Balaban J connectivity index is 0.000000264. The lowest BCUT2D eigenvalue weighted by Gasteiger charge is -2.34. The monoisotopic (exact) mass is 1280 g/mol. The third kappa shape index (κ3) is 19.8. The number of carbonyl (C=O) groups is 4. The van der Waals surface area contributed by atoms with Crippen LogP contribution >= 0.6 is 0 Å². The Hall–Kier alpha value is -8.32. The minimum absolute atomic E-state index is 0. The third-order valence-corrected chi connectivity index (χ3v) is 15.9. The van der Waals surface area contributed by atoms with Crippen LogP contribution in [0.1, 0.15) is 70.7 Å². The van der Waals surface area contributed by atoms with Crippen molar-refractivity contribution < 1.29 is 72.0 Å². The smallest absolute Gasteiger partial charge is 0.422 e. The van der Waals surface area contributed by atoms with E-state index in [-0.39, 0.29) is 71.7 Å². The van der Waals surface area contributed by atoms with Crippen molar-refractivity contribution in [3.05, 3.63) is 145 Å². The summed E-state index contributed by atoms with van der Waals surface area (Å²) in [5.74, 6) is 0.860. The molecule has 500 valence electrons. The van der Waals surface area contributed by atoms with E-state index >= 15 is 0 Å². The number of rotatable bonds is 25. The van der Waals surface area contributed by atoms with Crippen molar-refractivity contribution in [2.24, 2.45) is 23.0 Å². The van der Waals surface area contributed by atoms with Gasteiger partial charge in [0.25, 0.3) is 0 Å². The highest BCUT2D eigenvalue weighted by Gasteiger charge is 2.45. The van der Waals surface area contributed by atoms with Gasteiger partial charge in [0.1, 0.15) is 55.1 Å². The SMILES string of the molecule is C.C.COC(=O)N[C@H](C(=O)N[C@@H](Cc1ccc(OC)cc1)[C@@H](O)CN(Cc1ccc(-n2cncn2)cc1)NC(=O)OC1CO[C@H]2OCC[C@@H]12)C(C)(C)C.COc1ccc(C[C@H](N)[C@@H](O)CN(Cc2ccc(-n3cncn3)cc2)NC(=O)OC2CO[C@H]3OCC[C@@H]23)cc1. The number of ether oxygens (including phenoxy) is 9. The quantitative estimate of drug-likeness (QED) is 0.0292. The van der Waals surface area contributed by atoms with Crippen molar-refractivity contribution in [2.45, 2.75) is 130 Å². The highest BCUT2D eigenvalue weighted by molar-refractivity contribution is 5.86. The molecule has 4 amide bonds. The van der Waals surface area contributed by atoms with Gasteiger partial charge in [-0.3, -0.25) is 15.6 Å². The lowest BCUT2D eigenvalue weighted by atomic mass is 9.85. The zero-order chi connectivity index (χ0) is 63.7. The molecule has 0 saturated carbocycles. The molecule has 4 aromatic carbocycles. The molecule has 0 aliphatic carbocycles. The van der Waals surface area contributed by atoms with Crippen molar-refractivity contribution in [2.75, 3.05) is 60.8 Å². The predicted octanol–water partition coefficient (Wildman–Crippen LogP) is 5.02. The molecular formula is C64H89N13O15. The Kier molecular flexibility index (Phi) is 26.2. The van der Waals surface area contributed by atoms with Gasteiger partial charge in [-0.25, -0.2) is 43.7 Å². The molecule has 11 atom stereocenters.